The standard InChI is InChI=1S/C11H21NO3/c1-3-9(2)15-11(13)8-14-10-4-6-12-7-5-10/h9-10,12H,3-8H2,1-2H3. The summed E-state index contributed by atoms with van der Waals surface area (Å²) < 4.78 is 10.6. The Balaban J connectivity index is 2.10. The highest BCUT2D eigenvalue weighted by molar-refractivity contribution is 5.70. The molecular weight excluding hydrogens is 194 g/mol. The molecule has 1 saturated heterocycles. The lowest BCUT2D eigenvalue weighted by Crippen LogP contribution is -2.34. The lowest BCUT2D eigenvalue weighted by Gasteiger charge is -2.22. The number of rotatable bonds is 5. The van der Waals surface area contributed by atoms with Gasteiger partial charge in [-0.05, 0) is 39.3 Å². The summed E-state index contributed by atoms with van der Waals surface area (Å²) in [7, 11) is 0. The first kappa shape index (κ1) is 12.5. The SMILES string of the molecule is CCC(C)OC(=O)COC1CCNCC1. The van der Waals surface area contributed by atoms with Crippen molar-refractivity contribution in [1.82, 2.24) is 5.32 Å². The quantitative estimate of drug-likeness (QED) is 0.698. The van der Waals surface area contributed by atoms with Gasteiger partial charge in [0.05, 0.1) is 12.2 Å². The fraction of sp³-hybridized carbons (Fsp3) is 0.909. The van der Waals surface area contributed by atoms with E-state index in [1.165, 1.54) is 0 Å². The second kappa shape index (κ2) is 6.80. The van der Waals surface area contributed by atoms with Crippen molar-refractivity contribution in [2.45, 2.75) is 45.3 Å². The molecule has 1 aliphatic rings. The minimum atomic E-state index is -0.247. The van der Waals surface area contributed by atoms with E-state index in [9.17, 15) is 4.79 Å². The third-order valence-electron chi connectivity index (χ3n) is 2.63. The third kappa shape index (κ3) is 5.14. The van der Waals surface area contributed by atoms with Crippen molar-refractivity contribution in [3.05, 3.63) is 0 Å². The van der Waals surface area contributed by atoms with E-state index in [2.05, 4.69) is 5.32 Å². The number of hydrogen-bond donors (Lipinski definition) is 1. The first-order valence-electron chi connectivity index (χ1n) is 5.74. The molecule has 1 atom stereocenters. The van der Waals surface area contributed by atoms with Crippen molar-refractivity contribution in [2.24, 2.45) is 0 Å². The lowest BCUT2D eigenvalue weighted by molar-refractivity contribution is -0.156. The van der Waals surface area contributed by atoms with Crippen LogP contribution in [-0.2, 0) is 14.3 Å². The number of esters is 1. The molecule has 0 saturated carbocycles. The fourth-order valence-electron chi connectivity index (χ4n) is 1.49. The molecule has 15 heavy (non-hydrogen) atoms. The van der Waals surface area contributed by atoms with Crippen molar-refractivity contribution in [3.8, 4) is 0 Å². The van der Waals surface area contributed by atoms with Crippen LogP contribution in [0.2, 0.25) is 0 Å². The van der Waals surface area contributed by atoms with Crippen LogP contribution in [0, 0.1) is 0 Å². The van der Waals surface area contributed by atoms with Gasteiger partial charge in [0.15, 0.2) is 0 Å². The minimum Gasteiger partial charge on any atom is -0.461 e. The van der Waals surface area contributed by atoms with Crippen LogP contribution < -0.4 is 5.32 Å². The van der Waals surface area contributed by atoms with Gasteiger partial charge in [0.25, 0.3) is 0 Å². The van der Waals surface area contributed by atoms with Crippen molar-refractivity contribution in [1.29, 1.82) is 0 Å². The zero-order valence-electron chi connectivity index (χ0n) is 9.62. The van der Waals surface area contributed by atoms with Gasteiger partial charge in [-0.1, -0.05) is 6.92 Å². The first-order valence-corrected chi connectivity index (χ1v) is 5.74. The second-order valence-electron chi connectivity index (χ2n) is 3.97. The Kier molecular flexibility index (Phi) is 5.65. The maximum atomic E-state index is 11.3. The molecule has 1 fully saturated rings. The summed E-state index contributed by atoms with van der Waals surface area (Å²) in [5.74, 6) is -0.247. The molecule has 0 spiro atoms. The lowest BCUT2D eigenvalue weighted by atomic mass is 10.1. The number of carbonyl (C=O) groups excluding carboxylic acids is 1. The van der Waals surface area contributed by atoms with Crippen molar-refractivity contribution < 1.29 is 14.3 Å². The molecule has 88 valence electrons. The van der Waals surface area contributed by atoms with E-state index in [4.69, 9.17) is 9.47 Å². The summed E-state index contributed by atoms with van der Waals surface area (Å²) >= 11 is 0. The van der Waals surface area contributed by atoms with Crippen LogP contribution >= 0.6 is 0 Å². The summed E-state index contributed by atoms with van der Waals surface area (Å²) in [6.07, 6.45) is 3.02. The van der Waals surface area contributed by atoms with Gasteiger partial charge in [-0.3, -0.25) is 0 Å². The average molecular weight is 215 g/mol. The van der Waals surface area contributed by atoms with Crippen LogP contribution in [0.15, 0.2) is 0 Å². The van der Waals surface area contributed by atoms with Crippen LogP contribution in [0.5, 0.6) is 0 Å². The van der Waals surface area contributed by atoms with Gasteiger partial charge in [-0.15, -0.1) is 0 Å². The molecule has 4 heteroatoms. The molecule has 1 rings (SSSR count). The topological polar surface area (TPSA) is 47.6 Å². The Bertz CT molecular complexity index is 190. The summed E-state index contributed by atoms with van der Waals surface area (Å²) in [5.41, 5.74) is 0. The number of carbonyl (C=O) groups is 1. The molecule has 0 radical (unpaired) electrons. The van der Waals surface area contributed by atoms with Crippen molar-refractivity contribution in [2.75, 3.05) is 19.7 Å². The van der Waals surface area contributed by atoms with Crippen LogP contribution in [0.4, 0.5) is 0 Å². The first-order chi connectivity index (χ1) is 7.22. The normalized spacial score (nSPS) is 19.9. The Hall–Kier alpha value is -0.610. The van der Waals surface area contributed by atoms with Gasteiger partial charge in [-0.2, -0.15) is 0 Å². The van der Waals surface area contributed by atoms with Crippen LogP contribution in [0.3, 0.4) is 0 Å². The molecule has 0 amide bonds. The van der Waals surface area contributed by atoms with E-state index in [0.29, 0.717) is 0 Å². The van der Waals surface area contributed by atoms with E-state index >= 15 is 0 Å². The number of ether oxygens (including phenoxy) is 2. The molecule has 1 aliphatic heterocycles. The monoisotopic (exact) mass is 215 g/mol. The second-order valence-corrected chi connectivity index (χ2v) is 3.97. The fourth-order valence-corrected chi connectivity index (χ4v) is 1.49. The van der Waals surface area contributed by atoms with Gasteiger partial charge in [-0.25, -0.2) is 4.79 Å². The molecule has 0 aromatic carbocycles. The van der Waals surface area contributed by atoms with Crippen LogP contribution in [-0.4, -0.2) is 37.9 Å². The molecule has 1 unspecified atom stereocenters. The minimum absolute atomic E-state index is 0.00544. The van der Waals surface area contributed by atoms with Gasteiger partial charge >= 0.3 is 5.97 Å². The molecule has 4 nitrogen and oxygen atoms in total. The average Bonchev–Trinajstić information content (AvgIpc) is 2.27. The molecule has 1 N–H and O–H groups in total. The highest BCUT2D eigenvalue weighted by atomic mass is 16.6. The predicted octanol–water partition coefficient (Wildman–Crippen LogP) is 1.10. The Morgan fingerprint density at radius 3 is 2.73 bits per heavy atom. The Morgan fingerprint density at radius 2 is 2.13 bits per heavy atom. The Labute approximate surface area is 91.3 Å². The molecule has 0 aromatic heterocycles. The van der Waals surface area contributed by atoms with E-state index in [1.807, 2.05) is 13.8 Å². The molecule has 1 heterocycles. The van der Waals surface area contributed by atoms with E-state index in [-0.39, 0.29) is 24.8 Å². The van der Waals surface area contributed by atoms with Crippen molar-refractivity contribution >= 4 is 5.97 Å². The summed E-state index contributed by atoms with van der Waals surface area (Å²) in [4.78, 5) is 11.3. The summed E-state index contributed by atoms with van der Waals surface area (Å²) in [6.45, 7) is 5.93. The van der Waals surface area contributed by atoms with Gasteiger partial charge in [0, 0.05) is 0 Å². The molecule has 0 bridgehead atoms. The number of nitrogens with one attached hydrogen (secondary N) is 1. The number of hydrogen-bond acceptors (Lipinski definition) is 4. The van der Waals surface area contributed by atoms with E-state index < -0.39 is 0 Å². The van der Waals surface area contributed by atoms with Crippen molar-refractivity contribution in [3.63, 3.8) is 0 Å². The van der Waals surface area contributed by atoms with Crippen LogP contribution in [0.1, 0.15) is 33.1 Å². The number of piperidine rings is 1. The van der Waals surface area contributed by atoms with Gasteiger partial charge in [0.2, 0.25) is 0 Å². The Morgan fingerprint density at radius 1 is 1.47 bits per heavy atom. The zero-order chi connectivity index (χ0) is 11.1. The maximum Gasteiger partial charge on any atom is 0.332 e. The third-order valence-corrected chi connectivity index (χ3v) is 2.63. The van der Waals surface area contributed by atoms with Crippen LogP contribution in [0.25, 0.3) is 0 Å². The molecular formula is C11H21NO3. The smallest absolute Gasteiger partial charge is 0.332 e. The maximum absolute atomic E-state index is 11.3. The molecule has 0 aliphatic carbocycles. The zero-order valence-corrected chi connectivity index (χ0v) is 9.62. The highest BCUT2D eigenvalue weighted by Crippen LogP contribution is 2.07. The van der Waals surface area contributed by atoms with E-state index in [1.54, 1.807) is 0 Å². The highest BCUT2D eigenvalue weighted by Gasteiger charge is 2.15. The van der Waals surface area contributed by atoms with Gasteiger partial charge in [0.1, 0.15) is 6.61 Å². The van der Waals surface area contributed by atoms with Gasteiger partial charge < -0.3 is 14.8 Å². The summed E-state index contributed by atoms with van der Waals surface area (Å²) in [6, 6.07) is 0. The van der Waals surface area contributed by atoms with E-state index in [0.717, 1.165) is 32.4 Å². The molecule has 0 aromatic rings. The summed E-state index contributed by atoms with van der Waals surface area (Å²) in [5, 5.41) is 3.25. The largest absolute Gasteiger partial charge is 0.461 e. The predicted molar refractivity (Wildman–Crippen MR) is 57.7 cm³/mol.